The third kappa shape index (κ3) is 5.56. The molecule has 0 amide bonds. The predicted molar refractivity (Wildman–Crippen MR) is 72.6 cm³/mol. The molecule has 92 valence electrons. The van der Waals surface area contributed by atoms with Crippen molar-refractivity contribution in [3.8, 4) is 0 Å². The van der Waals surface area contributed by atoms with Gasteiger partial charge in [-0.2, -0.15) is 11.8 Å². The maximum absolute atomic E-state index is 10.8. The summed E-state index contributed by atoms with van der Waals surface area (Å²) in [5.74, 6) is 1.12. The number of carbonyl (C=O) groups is 1. The molecule has 0 saturated carbocycles. The average Bonchev–Trinajstić information content (AvgIpc) is 2.34. The zero-order valence-corrected chi connectivity index (χ0v) is 10.5. The number of nitrogens with one attached hydrogen (secondary N) is 1. The lowest BCUT2D eigenvalue weighted by Gasteiger charge is -2.05. The Balaban J connectivity index is 2.29. The van der Waals surface area contributed by atoms with Crippen LogP contribution in [0.25, 0.3) is 0 Å². The van der Waals surface area contributed by atoms with Crippen molar-refractivity contribution in [2.24, 2.45) is 0 Å². The molecule has 0 aromatic heterocycles. The first-order valence-corrected chi connectivity index (χ1v) is 6.61. The standard InChI is InChI=1S/C13H17NO2S/c1-2-7-17-8-6-14-10-11-4-3-5-12(9-11)13(15)16/h2-5,9,14H,1,6-8,10H2,(H,15,16). The molecule has 2 N–H and O–H groups in total. The summed E-state index contributed by atoms with van der Waals surface area (Å²) >= 11 is 1.82. The van der Waals surface area contributed by atoms with Crippen LogP contribution >= 0.6 is 11.8 Å². The topological polar surface area (TPSA) is 49.3 Å². The molecule has 0 unspecified atom stereocenters. The van der Waals surface area contributed by atoms with Crippen molar-refractivity contribution in [3.63, 3.8) is 0 Å². The molecule has 0 aliphatic carbocycles. The van der Waals surface area contributed by atoms with Crippen molar-refractivity contribution in [2.45, 2.75) is 6.54 Å². The lowest BCUT2D eigenvalue weighted by Crippen LogP contribution is -2.16. The van der Waals surface area contributed by atoms with Crippen molar-refractivity contribution < 1.29 is 9.90 Å². The molecule has 0 radical (unpaired) electrons. The zero-order chi connectivity index (χ0) is 12.5. The molecule has 3 nitrogen and oxygen atoms in total. The molecule has 0 aliphatic heterocycles. The number of carboxylic acid groups (broad SMARTS) is 1. The summed E-state index contributed by atoms with van der Waals surface area (Å²) in [5, 5.41) is 12.1. The van der Waals surface area contributed by atoms with Crippen molar-refractivity contribution in [1.82, 2.24) is 5.32 Å². The van der Waals surface area contributed by atoms with Gasteiger partial charge in [0.15, 0.2) is 0 Å². The first-order chi connectivity index (χ1) is 8.24. The van der Waals surface area contributed by atoms with Gasteiger partial charge < -0.3 is 10.4 Å². The van der Waals surface area contributed by atoms with Gasteiger partial charge in [-0.1, -0.05) is 18.2 Å². The number of carboxylic acids is 1. The van der Waals surface area contributed by atoms with Gasteiger partial charge in [0.1, 0.15) is 0 Å². The van der Waals surface area contributed by atoms with Gasteiger partial charge in [-0.15, -0.1) is 6.58 Å². The van der Waals surface area contributed by atoms with Crippen LogP contribution in [0.5, 0.6) is 0 Å². The zero-order valence-electron chi connectivity index (χ0n) is 9.69. The quantitative estimate of drug-likeness (QED) is 0.550. The number of hydrogen-bond donors (Lipinski definition) is 2. The van der Waals surface area contributed by atoms with Gasteiger partial charge in [-0.25, -0.2) is 4.79 Å². The van der Waals surface area contributed by atoms with E-state index in [9.17, 15) is 4.79 Å². The Morgan fingerprint density at radius 2 is 2.35 bits per heavy atom. The second kappa shape index (κ2) is 7.92. The molecule has 0 aliphatic rings. The van der Waals surface area contributed by atoms with E-state index in [0.717, 1.165) is 23.6 Å². The van der Waals surface area contributed by atoms with E-state index in [1.54, 1.807) is 18.2 Å². The summed E-state index contributed by atoms with van der Waals surface area (Å²) in [6, 6.07) is 7.00. The van der Waals surface area contributed by atoms with Gasteiger partial charge in [-0.05, 0) is 17.7 Å². The normalized spacial score (nSPS) is 10.1. The van der Waals surface area contributed by atoms with Crippen LogP contribution in [0.3, 0.4) is 0 Å². The van der Waals surface area contributed by atoms with E-state index < -0.39 is 5.97 Å². The monoisotopic (exact) mass is 251 g/mol. The Hall–Kier alpha value is -1.26. The number of hydrogen-bond acceptors (Lipinski definition) is 3. The van der Waals surface area contributed by atoms with E-state index in [1.165, 1.54) is 0 Å². The van der Waals surface area contributed by atoms with Crippen molar-refractivity contribution in [2.75, 3.05) is 18.1 Å². The summed E-state index contributed by atoms with van der Waals surface area (Å²) in [7, 11) is 0. The molecule has 0 atom stereocenters. The number of rotatable bonds is 8. The van der Waals surface area contributed by atoms with Crippen LogP contribution in [-0.2, 0) is 6.54 Å². The van der Waals surface area contributed by atoms with E-state index in [4.69, 9.17) is 5.11 Å². The summed E-state index contributed by atoms with van der Waals surface area (Å²) in [4.78, 5) is 10.8. The Morgan fingerprint density at radius 3 is 3.06 bits per heavy atom. The number of aromatic carboxylic acids is 1. The Labute approximate surface area is 106 Å². The summed E-state index contributed by atoms with van der Waals surface area (Å²) in [6.45, 7) is 5.27. The Morgan fingerprint density at radius 1 is 1.53 bits per heavy atom. The smallest absolute Gasteiger partial charge is 0.335 e. The highest BCUT2D eigenvalue weighted by Crippen LogP contribution is 2.05. The first kappa shape index (κ1) is 13.8. The molecule has 0 fully saturated rings. The second-order valence-electron chi connectivity index (χ2n) is 3.55. The van der Waals surface area contributed by atoms with Crippen LogP contribution < -0.4 is 5.32 Å². The third-order valence-corrected chi connectivity index (χ3v) is 3.13. The predicted octanol–water partition coefficient (Wildman–Crippen LogP) is 2.39. The van der Waals surface area contributed by atoms with E-state index >= 15 is 0 Å². The van der Waals surface area contributed by atoms with Gasteiger partial charge in [0.25, 0.3) is 0 Å². The minimum atomic E-state index is -0.881. The maximum Gasteiger partial charge on any atom is 0.335 e. The van der Waals surface area contributed by atoms with E-state index in [0.29, 0.717) is 12.1 Å². The van der Waals surface area contributed by atoms with Crippen molar-refractivity contribution in [3.05, 3.63) is 48.0 Å². The fourth-order valence-corrected chi connectivity index (χ4v) is 1.98. The van der Waals surface area contributed by atoms with Gasteiger partial charge in [0.2, 0.25) is 0 Å². The Kier molecular flexibility index (Phi) is 6.43. The Bertz CT molecular complexity index is 379. The van der Waals surface area contributed by atoms with Gasteiger partial charge in [0, 0.05) is 24.6 Å². The molecule has 0 saturated heterocycles. The van der Waals surface area contributed by atoms with E-state index in [1.807, 2.05) is 23.9 Å². The van der Waals surface area contributed by atoms with Crippen molar-refractivity contribution >= 4 is 17.7 Å². The minimum absolute atomic E-state index is 0.338. The highest BCUT2D eigenvalue weighted by molar-refractivity contribution is 7.99. The molecular formula is C13H17NO2S. The van der Waals surface area contributed by atoms with Crippen LogP contribution in [0.4, 0.5) is 0 Å². The van der Waals surface area contributed by atoms with Crippen LogP contribution in [0.1, 0.15) is 15.9 Å². The van der Waals surface area contributed by atoms with Gasteiger partial charge in [-0.3, -0.25) is 0 Å². The minimum Gasteiger partial charge on any atom is -0.478 e. The van der Waals surface area contributed by atoms with Crippen LogP contribution in [0.2, 0.25) is 0 Å². The molecule has 1 aromatic rings. The van der Waals surface area contributed by atoms with Crippen molar-refractivity contribution in [1.29, 1.82) is 0 Å². The highest BCUT2D eigenvalue weighted by Gasteiger charge is 2.02. The molecule has 4 heteroatoms. The molecule has 0 bridgehead atoms. The molecule has 0 heterocycles. The molecular weight excluding hydrogens is 234 g/mol. The summed E-state index contributed by atoms with van der Waals surface area (Å²) in [5.41, 5.74) is 1.34. The molecule has 17 heavy (non-hydrogen) atoms. The van der Waals surface area contributed by atoms with Crippen LogP contribution in [0.15, 0.2) is 36.9 Å². The largest absolute Gasteiger partial charge is 0.478 e. The third-order valence-electron chi connectivity index (χ3n) is 2.16. The van der Waals surface area contributed by atoms with E-state index in [-0.39, 0.29) is 0 Å². The lowest BCUT2D eigenvalue weighted by atomic mass is 10.1. The highest BCUT2D eigenvalue weighted by atomic mass is 32.2. The number of thioether (sulfide) groups is 1. The summed E-state index contributed by atoms with van der Waals surface area (Å²) < 4.78 is 0. The average molecular weight is 251 g/mol. The fraction of sp³-hybridized carbons (Fsp3) is 0.308. The second-order valence-corrected chi connectivity index (χ2v) is 4.70. The SMILES string of the molecule is C=CCSCCNCc1cccc(C(=O)O)c1. The van der Waals surface area contributed by atoms with Gasteiger partial charge >= 0.3 is 5.97 Å². The molecule has 1 rings (SSSR count). The van der Waals surface area contributed by atoms with Crippen LogP contribution in [-0.4, -0.2) is 29.1 Å². The molecule has 0 spiro atoms. The number of benzene rings is 1. The van der Waals surface area contributed by atoms with E-state index in [2.05, 4.69) is 11.9 Å². The summed E-state index contributed by atoms with van der Waals surface area (Å²) in [6.07, 6.45) is 1.89. The maximum atomic E-state index is 10.8. The molecule has 1 aromatic carbocycles. The first-order valence-electron chi connectivity index (χ1n) is 5.45. The van der Waals surface area contributed by atoms with Gasteiger partial charge in [0.05, 0.1) is 5.56 Å². The lowest BCUT2D eigenvalue weighted by molar-refractivity contribution is 0.0697. The fourth-order valence-electron chi connectivity index (χ4n) is 1.36. The van der Waals surface area contributed by atoms with Crippen LogP contribution in [0, 0.1) is 0 Å².